The lowest BCUT2D eigenvalue weighted by Crippen LogP contribution is -2.46. The maximum atomic E-state index is 12.3. The van der Waals surface area contributed by atoms with E-state index in [0.717, 1.165) is 6.07 Å². The van der Waals surface area contributed by atoms with Gasteiger partial charge in [-0.3, -0.25) is 10.1 Å². The van der Waals surface area contributed by atoms with Crippen molar-refractivity contribution in [1.29, 1.82) is 0 Å². The first-order chi connectivity index (χ1) is 9.25. The third-order valence-electron chi connectivity index (χ3n) is 3.18. The van der Waals surface area contributed by atoms with Crippen molar-refractivity contribution in [2.75, 3.05) is 6.61 Å². The number of aliphatic hydroxyl groups excluding tert-OH is 1. The maximum absolute atomic E-state index is 12.3. The second kappa shape index (κ2) is 6.29. The molecule has 1 unspecified atom stereocenters. The Bertz CT molecular complexity index is 587. The fourth-order valence-corrected chi connectivity index (χ4v) is 3.44. The van der Waals surface area contributed by atoms with Gasteiger partial charge in [0.1, 0.15) is 0 Å². The second-order valence-corrected chi connectivity index (χ2v) is 6.37. The van der Waals surface area contributed by atoms with E-state index >= 15 is 0 Å². The predicted molar refractivity (Wildman–Crippen MR) is 73.8 cm³/mol. The van der Waals surface area contributed by atoms with Crippen LogP contribution in [0.3, 0.4) is 0 Å². The van der Waals surface area contributed by atoms with Gasteiger partial charge in [-0.05, 0) is 25.8 Å². The first-order valence-electron chi connectivity index (χ1n) is 6.14. The van der Waals surface area contributed by atoms with Crippen molar-refractivity contribution in [1.82, 2.24) is 4.72 Å². The van der Waals surface area contributed by atoms with Crippen LogP contribution in [-0.4, -0.2) is 30.6 Å². The smallest absolute Gasteiger partial charge is 0.289 e. The van der Waals surface area contributed by atoms with Gasteiger partial charge in [0.2, 0.25) is 10.0 Å². The van der Waals surface area contributed by atoms with Gasteiger partial charge in [0, 0.05) is 18.2 Å². The molecule has 2 N–H and O–H groups in total. The van der Waals surface area contributed by atoms with Crippen LogP contribution in [0.4, 0.5) is 5.69 Å². The van der Waals surface area contributed by atoms with E-state index in [4.69, 9.17) is 5.11 Å². The molecule has 0 aliphatic heterocycles. The lowest BCUT2D eigenvalue weighted by molar-refractivity contribution is -0.387. The fourth-order valence-electron chi connectivity index (χ4n) is 1.76. The first kappa shape index (κ1) is 16.5. The summed E-state index contributed by atoms with van der Waals surface area (Å²) in [6.45, 7) is 3.25. The SMILES string of the molecule is CCC(C)(CCO)NS(=O)(=O)c1ccccc1[N+](=O)[O-]. The zero-order valence-corrected chi connectivity index (χ0v) is 12.2. The zero-order valence-electron chi connectivity index (χ0n) is 11.4. The quantitative estimate of drug-likeness (QED) is 0.585. The number of nitro groups is 1. The van der Waals surface area contributed by atoms with Crippen molar-refractivity contribution < 1.29 is 18.4 Å². The Morgan fingerprint density at radius 3 is 2.50 bits per heavy atom. The van der Waals surface area contributed by atoms with Crippen molar-refractivity contribution >= 4 is 15.7 Å². The number of nitrogens with zero attached hydrogens (tertiary/aromatic N) is 1. The molecule has 0 bridgehead atoms. The minimum Gasteiger partial charge on any atom is -0.396 e. The second-order valence-electron chi connectivity index (χ2n) is 4.72. The van der Waals surface area contributed by atoms with Crippen LogP contribution in [0.1, 0.15) is 26.7 Å². The third-order valence-corrected chi connectivity index (χ3v) is 4.86. The summed E-state index contributed by atoms with van der Waals surface area (Å²) in [5.41, 5.74) is -1.32. The number of hydrogen-bond acceptors (Lipinski definition) is 5. The van der Waals surface area contributed by atoms with Gasteiger partial charge in [0.15, 0.2) is 4.90 Å². The lowest BCUT2D eigenvalue weighted by atomic mass is 9.97. The molecule has 1 aromatic rings. The average molecular weight is 302 g/mol. The molecule has 7 nitrogen and oxygen atoms in total. The molecule has 0 aliphatic rings. The van der Waals surface area contributed by atoms with Gasteiger partial charge in [0.25, 0.3) is 5.69 Å². The van der Waals surface area contributed by atoms with Crippen LogP contribution >= 0.6 is 0 Å². The number of hydrogen-bond donors (Lipinski definition) is 2. The molecule has 8 heteroatoms. The standard InChI is InChI=1S/C12H18N2O5S/c1-3-12(2,8-9-15)13-20(18,19)11-7-5-4-6-10(11)14(16)17/h4-7,13,15H,3,8-9H2,1-2H3. The molecule has 0 saturated heterocycles. The van der Waals surface area contributed by atoms with Gasteiger partial charge in [-0.2, -0.15) is 0 Å². The Hall–Kier alpha value is -1.51. The molecule has 0 aliphatic carbocycles. The fraction of sp³-hybridized carbons (Fsp3) is 0.500. The lowest BCUT2D eigenvalue weighted by Gasteiger charge is -2.28. The number of benzene rings is 1. The highest BCUT2D eigenvalue weighted by Gasteiger charge is 2.32. The number of rotatable bonds is 7. The molecule has 1 rings (SSSR count). The Morgan fingerprint density at radius 2 is 2.00 bits per heavy atom. The van der Waals surface area contributed by atoms with E-state index in [1.807, 2.05) is 0 Å². The van der Waals surface area contributed by atoms with Gasteiger partial charge in [-0.15, -0.1) is 0 Å². The maximum Gasteiger partial charge on any atom is 0.289 e. The van der Waals surface area contributed by atoms with E-state index in [1.165, 1.54) is 18.2 Å². The van der Waals surface area contributed by atoms with Crippen LogP contribution in [0.15, 0.2) is 29.2 Å². The molecule has 0 fully saturated rings. The number of para-hydroxylation sites is 1. The van der Waals surface area contributed by atoms with Crippen LogP contribution in [0, 0.1) is 10.1 Å². The van der Waals surface area contributed by atoms with Crippen LogP contribution < -0.4 is 4.72 Å². The van der Waals surface area contributed by atoms with Crippen LogP contribution in [0.25, 0.3) is 0 Å². The van der Waals surface area contributed by atoms with Crippen LogP contribution in [0.5, 0.6) is 0 Å². The number of nitrogens with one attached hydrogen (secondary N) is 1. The van der Waals surface area contributed by atoms with Gasteiger partial charge in [-0.1, -0.05) is 19.1 Å². The van der Waals surface area contributed by atoms with Gasteiger partial charge in [0.05, 0.1) is 4.92 Å². The number of aliphatic hydroxyl groups is 1. The minimum atomic E-state index is -4.03. The third kappa shape index (κ3) is 3.75. The molecule has 0 heterocycles. The van der Waals surface area contributed by atoms with Crippen molar-refractivity contribution in [2.24, 2.45) is 0 Å². The Kier molecular flexibility index (Phi) is 5.21. The zero-order chi connectivity index (χ0) is 15.4. The topological polar surface area (TPSA) is 110 Å². The number of sulfonamides is 1. The molecular weight excluding hydrogens is 284 g/mol. The molecule has 0 saturated carbocycles. The summed E-state index contributed by atoms with van der Waals surface area (Å²) in [6, 6.07) is 5.17. The van der Waals surface area contributed by atoms with Crippen molar-refractivity contribution in [2.45, 2.75) is 37.1 Å². The van der Waals surface area contributed by atoms with E-state index in [1.54, 1.807) is 13.8 Å². The number of nitro benzene ring substituents is 1. The van der Waals surface area contributed by atoms with Crippen molar-refractivity contribution in [3.63, 3.8) is 0 Å². The van der Waals surface area contributed by atoms with E-state index in [9.17, 15) is 18.5 Å². The van der Waals surface area contributed by atoms with Crippen LogP contribution in [0.2, 0.25) is 0 Å². The molecule has 20 heavy (non-hydrogen) atoms. The van der Waals surface area contributed by atoms with Crippen molar-refractivity contribution in [3.8, 4) is 0 Å². The molecule has 0 amide bonds. The summed E-state index contributed by atoms with van der Waals surface area (Å²) in [4.78, 5) is 9.80. The Balaban J connectivity index is 3.21. The highest BCUT2D eigenvalue weighted by atomic mass is 32.2. The molecule has 112 valence electrons. The summed E-state index contributed by atoms with van der Waals surface area (Å²) < 4.78 is 27.1. The highest BCUT2D eigenvalue weighted by Crippen LogP contribution is 2.25. The van der Waals surface area contributed by atoms with E-state index in [0.29, 0.717) is 6.42 Å². The van der Waals surface area contributed by atoms with Gasteiger partial charge >= 0.3 is 0 Å². The highest BCUT2D eigenvalue weighted by molar-refractivity contribution is 7.89. The minimum absolute atomic E-state index is 0.177. The summed E-state index contributed by atoms with van der Waals surface area (Å²) in [5, 5.41) is 19.9. The van der Waals surface area contributed by atoms with Gasteiger partial charge in [-0.25, -0.2) is 13.1 Å². The monoisotopic (exact) mass is 302 g/mol. The molecule has 1 atom stereocenters. The first-order valence-corrected chi connectivity index (χ1v) is 7.62. The van der Waals surface area contributed by atoms with Crippen LogP contribution in [-0.2, 0) is 10.0 Å². The van der Waals surface area contributed by atoms with E-state index in [-0.39, 0.29) is 17.9 Å². The Labute approximate surface area is 117 Å². The summed E-state index contributed by atoms with van der Waals surface area (Å²) in [5.74, 6) is 0. The molecule has 1 aromatic carbocycles. The van der Waals surface area contributed by atoms with Crippen molar-refractivity contribution in [3.05, 3.63) is 34.4 Å². The molecule has 0 aromatic heterocycles. The summed E-state index contributed by atoms with van der Waals surface area (Å²) in [6.07, 6.45) is 0.677. The van der Waals surface area contributed by atoms with Gasteiger partial charge < -0.3 is 5.11 Å². The molecule has 0 spiro atoms. The largest absolute Gasteiger partial charge is 0.396 e. The van der Waals surface area contributed by atoms with E-state index in [2.05, 4.69) is 4.72 Å². The Morgan fingerprint density at radius 1 is 1.40 bits per heavy atom. The summed E-state index contributed by atoms with van der Waals surface area (Å²) >= 11 is 0. The molecular formula is C12H18N2O5S. The molecule has 0 radical (unpaired) electrons. The average Bonchev–Trinajstić information content (AvgIpc) is 2.38. The van der Waals surface area contributed by atoms with E-state index < -0.39 is 26.2 Å². The summed E-state index contributed by atoms with van der Waals surface area (Å²) in [7, 11) is -4.03. The normalized spacial score (nSPS) is 14.8. The predicted octanol–water partition coefficient (Wildman–Crippen LogP) is 1.42.